The molecule has 0 unspecified atom stereocenters. The Bertz CT molecular complexity index is 54.9. The quantitative estimate of drug-likeness (QED) is 0.606. The maximum atomic E-state index is 3.59. The predicted octanol–water partition coefficient (Wildman–Crippen LogP) is 2.40. The van der Waals surface area contributed by atoms with Crippen LogP contribution in [-0.4, -0.2) is 6.54 Å². The van der Waals surface area contributed by atoms with Crippen molar-refractivity contribution >= 4 is 0 Å². The van der Waals surface area contributed by atoms with Gasteiger partial charge in [0.15, 0.2) is 0 Å². The third-order valence-corrected chi connectivity index (χ3v) is 4.70. The van der Waals surface area contributed by atoms with E-state index in [-0.39, 0.29) is 0 Å². The van der Waals surface area contributed by atoms with Crippen LogP contribution >= 0.6 is 0 Å². The molecule has 0 bridgehead atoms. The summed E-state index contributed by atoms with van der Waals surface area (Å²) in [5, 5.41) is 0. The van der Waals surface area contributed by atoms with E-state index >= 15 is 0 Å². The zero-order chi connectivity index (χ0) is 7.11. The first-order chi connectivity index (χ1) is 4.27. The van der Waals surface area contributed by atoms with Gasteiger partial charge in [-0.05, 0) is 0 Å². The Hall–Kier alpha value is 0.830. The van der Waals surface area contributed by atoms with Crippen LogP contribution < -0.4 is 3.30 Å². The SMILES string of the molecule is CCCCC[NH][Hf]([CH3])[CH3]. The van der Waals surface area contributed by atoms with Crippen molar-refractivity contribution in [1.82, 2.24) is 3.30 Å². The molecule has 0 saturated carbocycles. The molecule has 0 aromatic heterocycles. The van der Waals surface area contributed by atoms with Crippen LogP contribution in [0, 0.1) is 0 Å². The Kier molecular flexibility index (Phi) is 7.58. The molecule has 0 aromatic rings. The third-order valence-electron chi connectivity index (χ3n) is 1.26. The normalized spacial score (nSPS) is 9.67. The van der Waals surface area contributed by atoms with Gasteiger partial charge >= 0.3 is 67.1 Å². The number of nitrogens with one attached hydrogen (secondary N) is 1. The van der Waals surface area contributed by atoms with Gasteiger partial charge in [0, 0.05) is 0 Å². The molecule has 0 rings (SSSR count). The molecule has 0 saturated heterocycles. The van der Waals surface area contributed by atoms with Gasteiger partial charge < -0.3 is 0 Å². The third kappa shape index (κ3) is 8.83. The van der Waals surface area contributed by atoms with Crippen LogP contribution in [0.1, 0.15) is 26.2 Å². The molecule has 0 heterocycles. The van der Waals surface area contributed by atoms with Gasteiger partial charge in [0.2, 0.25) is 0 Å². The van der Waals surface area contributed by atoms with Crippen LogP contribution in [0.25, 0.3) is 0 Å². The topological polar surface area (TPSA) is 12.0 Å². The van der Waals surface area contributed by atoms with Crippen molar-refractivity contribution in [3.05, 3.63) is 0 Å². The van der Waals surface area contributed by atoms with E-state index in [1.807, 2.05) is 0 Å². The molecule has 0 fully saturated rings. The van der Waals surface area contributed by atoms with Crippen LogP contribution in [0.5, 0.6) is 0 Å². The van der Waals surface area contributed by atoms with Crippen molar-refractivity contribution in [1.29, 1.82) is 0 Å². The van der Waals surface area contributed by atoms with Crippen LogP contribution in [0.2, 0.25) is 9.36 Å². The summed E-state index contributed by atoms with van der Waals surface area (Å²) in [6, 6.07) is 0. The molecule has 0 atom stereocenters. The summed E-state index contributed by atoms with van der Waals surface area (Å²) in [4.78, 5) is 0. The van der Waals surface area contributed by atoms with Gasteiger partial charge in [0.1, 0.15) is 0 Å². The van der Waals surface area contributed by atoms with E-state index in [2.05, 4.69) is 19.6 Å². The van der Waals surface area contributed by atoms with Crippen molar-refractivity contribution in [2.75, 3.05) is 6.54 Å². The summed E-state index contributed by atoms with van der Waals surface area (Å²) >= 11 is -1.06. The van der Waals surface area contributed by atoms with Gasteiger partial charge in [0.05, 0.1) is 0 Å². The van der Waals surface area contributed by atoms with Crippen LogP contribution in [-0.2, 0) is 21.7 Å². The van der Waals surface area contributed by atoms with E-state index in [4.69, 9.17) is 0 Å². The van der Waals surface area contributed by atoms with Crippen molar-refractivity contribution < 1.29 is 21.7 Å². The zero-order valence-electron chi connectivity index (χ0n) is 6.83. The second-order valence-corrected chi connectivity index (χ2v) is 11.1. The molecule has 0 aliphatic rings. The first kappa shape index (κ1) is 9.83. The van der Waals surface area contributed by atoms with E-state index in [0.29, 0.717) is 0 Å². The van der Waals surface area contributed by atoms with Gasteiger partial charge in [-0.15, -0.1) is 0 Å². The second kappa shape index (κ2) is 6.94. The minimum absolute atomic E-state index is 1.06. The Morgan fingerprint density at radius 1 is 1.22 bits per heavy atom. The van der Waals surface area contributed by atoms with E-state index in [9.17, 15) is 0 Å². The molecule has 0 radical (unpaired) electrons. The van der Waals surface area contributed by atoms with Crippen molar-refractivity contribution in [2.45, 2.75) is 35.5 Å². The fraction of sp³-hybridized carbons (Fsp3) is 1.00. The summed E-state index contributed by atoms with van der Waals surface area (Å²) in [6.45, 7) is 3.53. The van der Waals surface area contributed by atoms with E-state index < -0.39 is 21.7 Å². The summed E-state index contributed by atoms with van der Waals surface area (Å²) in [5.41, 5.74) is 0. The van der Waals surface area contributed by atoms with Crippen LogP contribution in [0.3, 0.4) is 0 Å². The average molecular weight is 295 g/mol. The molecule has 0 amide bonds. The van der Waals surface area contributed by atoms with Gasteiger partial charge in [0.25, 0.3) is 0 Å². The summed E-state index contributed by atoms with van der Waals surface area (Å²) in [5.74, 6) is 0. The van der Waals surface area contributed by atoms with Gasteiger partial charge in [-0.3, -0.25) is 0 Å². The summed E-state index contributed by atoms with van der Waals surface area (Å²) < 4.78 is 8.39. The summed E-state index contributed by atoms with van der Waals surface area (Å²) in [7, 11) is 0. The average Bonchev–Trinajstić information content (AvgIpc) is 1.80. The van der Waals surface area contributed by atoms with Gasteiger partial charge in [-0.25, -0.2) is 0 Å². The molecule has 2 heteroatoms. The Morgan fingerprint density at radius 2 is 1.89 bits per heavy atom. The van der Waals surface area contributed by atoms with Crippen molar-refractivity contribution in [2.24, 2.45) is 0 Å². The number of unbranched alkanes of at least 4 members (excludes halogenated alkanes) is 2. The number of hydrogen-bond acceptors (Lipinski definition) is 1. The molecule has 1 N–H and O–H groups in total. The molecule has 0 spiro atoms. The van der Waals surface area contributed by atoms with Crippen molar-refractivity contribution in [3.8, 4) is 0 Å². The molecular formula is C7H18HfN. The number of rotatable bonds is 5. The Morgan fingerprint density at radius 3 is 2.33 bits per heavy atom. The standard InChI is InChI=1S/C5H12N.2CH3.Hf/c1-2-3-4-5-6;;;/h6H,2-5H2,1H3;2*1H3;/q-1;;;+1. The predicted molar refractivity (Wildman–Crippen MR) is 39.3 cm³/mol. The first-order valence-corrected chi connectivity index (χ1v) is 12.8. The van der Waals surface area contributed by atoms with Crippen LogP contribution in [0.15, 0.2) is 0 Å². The molecule has 0 aliphatic carbocycles. The Labute approximate surface area is 67.1 Å². The monoisotopic (exact) mass is 296 g/mol. The van der Waals surface area contributed by atoms with Crippen LogP contribution in [0.4, 0.5) is 0 Å². The van der Waals surface area contributed by atoms with E-state index in [1.54, 1.807) is 0 Å². The molecule has 1 nitrogen and oxygen atoms in total. The number of hydrogen-bond donors (Lipinski definition) is 1. The van der Waals surface area contributed by atoms with E-state index in [0.717, 1.165) is 0 Å². The zero-order valence-corrected chi connectivity index (χ0v) is 10.4. The second-order valence-electron chi connectivity index (χ2n) is 2.63. The van der Waals surface area contributed by atoms with Gasteiger partial charge in [-0.1, -0.05) is 0 Å². The maximum absolute atomic E-state index is 3.59. The first-order valence-electron chi connectivity index (χ1n) is 3.81. The molecular weight excluding hydrogens is 277 g/mol. The fourth-order valence-corrected chi connectivity index (χ4v) is 3.14. The molecule has 0 aliphatic heterocycles. The minimum atomic E-state index is -1.06. The molecule has 9 heavy (non-hydrogen) atoms. The van der Waals surface area contributed by atoms with Gasteiger partial charge in [-0.2, -0.15) is 0 Å². The fourth-order valence-electron chi connectivity index (χ4n) is 0.713. The van der Waals surface area contributed by atoms with E-state index in [1.165, 1.54) is 25.8 Å². The summed E-state index contributed by atoms with van der Waals surface area (Å²) in [6.07, 6.45) is 4.12. The molecule has 55 valence electrons. The molecule has 0 aromatic carbocycles. The van der Waals surface area contributed by atoms with Crippen molar-refractivity contribution in [3.63, 3.8) is 0 Å². The Balaban J connectivity index is 2.75.